The first kappa shape index (κ1) is 21.8. The van der Waals surface area contributed by atoms with Gasteiger partial charge in [-0.1, -0.05) is 23.7 Å². The van der Waals surface area contributed by atoms with Crippen molar-refractivity contribution in [3.8, 4) is 0 Å². The molecule has 3 heterocycles. The average Bonchev–Trinajstić information content (AvgIpc) is 3.29. The molecule has 0 radical (unpaired) electrons. The fourth-order valence-corrected chi connectivity index (χ4v) is 3.90. The topological polar surface area (TPSA) is 82.6 Å². The molecule has 0 unspecified atom stereocenters. The van der Waals surface area contributed by atoms with Crippen molar-refractivity contribution in [2.45, 2.75) is 25.4 Å². The lowest BCUT2D eigenvalue weighted by Crippen LogP contribution is -2.47. The monoisotopic (exact) mass is 444 g/mol. The van der Waals surface area contributed by atoms with Gasteiger partial charge in [-0.2, -0.15) is 4.98 Å². The van der Waals surface area contributed by atoms with E-state index in [4.69, 9.17) is 16.3 Å². The van der Waals surface area contributed by atoms with Crippen LogP contribution in [-0.4, -0.2) is 78.2 Å². The number of carbonyl (C=O) groups excluding carboxylic acids is 1. The SMILES string of the molecule is CN1CCN(C(=O)Cc2ccc(Nc3ncc(Cl)c(NC[C@H]4CCCO4)n3)cc2)CC1. The van der Waals surface area contributed by atoms with Crippen LogP contribution in [0.2, 0.25) is 5.02 Å². The van der Waals surface area contributed by atoms with Crippen molar-refractivity contribution < 1.29 is 9.53 Å². The number of halogens is 1. The maximum absolute atomic E-state index is 12.5. The van der Waals surface area contributed by atoms with Gasteiger partial charge in [0, 0.05) is 45.0 Å². The maximum atomic E-state index is 12.5. The van der Waals surface area contributed by atoms with Gasteiger partial charge < -0.3 is 25.2 Å². The lowest BCUT2D eigenvalue weighted by Gasteiger charge is -2.32. The van der Waals surface area contributed by atoms with E-state index in [2.05, 4.69) is 32.5 Å². The second-order valence-corrected chi connectivity index (χ2v) is 8.50. The normalized spacial score (nSPS) is 19.4. The Hall–Kier alpha value is -2.42. The summed E-state index contributed by atoms with van der Waals surface area (Å²) in [6.45, 7) is 4.94. The fourth-order valence-electron chi connectivity index (χ4n) is 3.74. The molecule has 2 aliphatic heterocycles. The third-order valence-corrected chi connectivity index (χ3v) is 5.96. The van der Waals surface area contributed by atoms with Gasteiger partial charge >= 0.3 is 0 Å². The zero-order valence-electron chi connectivity index (χ0n) is 17.8. The zero-order valence-corrected chi connectivity index (χ0v) is 18.6. The Morgan fingerprint density at radius 3 is 2.71 bits per heavy atom. The number of anilines is 3. The lowest BCUT2D eigenvalue weighted by atomic mass is 10.1. The number of nitrogens with one attached hydrogen (secondary N) is 2. The highest BCUT2D eigenvalue weighted by atomic mass is 35.5. The summed E-state index contributed by atoms with van der Waals surface area (Å²) in [6.07, 6.45) is 4.33. The molecule has 9 heteroatoms. The van der Waals surface area contributed by atoms with Gasteiger partial charge in [-0.3, -0.25) is 4.79 Å². The maximum Gasteiger partial charge on any atom is 0.229 e. The summed E-state index contributed by atoms with van der Waals surface area (Å²) in [4.78, 5) is 25.4. The molecule has 1 aromatic heterocycles. The highest BCUT2D eigenvalue weighted by Crippen LogP contribution is 2.23. The highest BCUT2D eigenvalue weighted by molar-refractivity contribution is 6.32. The summed E-state index contributed by atoms with van der Waals surface area (Å²) in [5, 5.41) is 6.92. The first-order valence-corrected chi connectivity index (χ1v) is 11.1. The molecule has 4 rings (SSSR count). The minimum absolute atomic E-state index is 0.178. The number of nitrogens with zero attached hydrogens (tertiary/aromatic N) is 4. The third kappa shape index (κ3) is 6.06. The van der Waals surface area contributed by atoms with Crippen molar-refractivity contribution in [2.75, 3.05) is 57.0 Å². The van der Waals surface area contributed by atoms with E-state index in [1.165, 1.54) is 0 Å². The predicted octanol–water partition coefficient (Wildman–Crippen LogP) is 2.78. The van der Waals surface area contributed by atoms with Gasteiger partial charge in [0.1, 0.15) is 5.02 Å². The van der Waals surface area contributed by atoms with Crippen molar-refractivity contribution in [1.29, 1.82) is 0 Å². The number of hydrogen-bond acceptors (Lipinski definition) is 7. The molecular formula is C22H29ClN6O2. The predicted molar refractivity (Wildman–Crippen MR) is 122 cm³/mol. The Morgan fingerprint density at radius 1 is 1.23 bits per heavy atom. The summed E-state index contributed by atoms with van der Waals surface area (Å²) in [5.74, 6) is 1.22. The Labute approximate surface area is 187 Å². The Bertz CT molecular complexity index is 880. The van der Waals surface area contributed by atoms with E-state index in [9.17, 15) is 4.79 Å². The first-order chi connectivity index (χ1) is 15.1. The zero-order chi connectivity index (χ0) is 21.6. The van der Waals surface area contributed by atoms with E-state index in [1.807, 2.05) is 29.2 Å². The number of carbonyl (C=O) groups is 1. The molecule has 2 N–H and O–H groups in total. The summed E-state index contributed by atoms with van der Waals surface area (Å²) in [6, 6.07) is 7.79. The first-order valence-electron chi connectivity index (χ1n) is 10.8. The van der Waals surface area contributed by atoms with Crippen LogP contribution in [0.4, 0.5) is 17.5 Å². The van der Waals surface area contributed by atoms with Gasteiger partial charge in [-0.25, -0.2) is 4.98 Å². The number of amides is 1. The van der Waals surface area contributed by atoms with Crippen LogP contribution in [0.25, 0.3) is 0 Å². The Balaban J connectivity index is 1.32. The number of ether oxygens (including phenoxy) is 1. The van der Waals surface area contributed by atoms with Crippen LogP contribution >= 0.6 is 11.6 Å². The molecule has 0 spiro atoms. The summed E-state index contributed by atoms with van der Waals surface area (Å²) < 4.78 is 5.63. The molecule has 1 atom stereocenters. The summed E-state index contributed by atoms with van der Waals surface area (Å²) in [7, 11) is 2.08. The number of hydrogen-bond donors (Lipinski definition) is 2. The molecule has 0 saturated carbocycles. The smallest absolute Gasteiger partial charge is 0.229 e. The summed E-state index contributed by atoms with van der Waals surface area (Å²) >= 11 is 6.23. The Morgan fingerprint density at radius 2 is 2.00 bits per heavy atom. The number of rotatable bonds is 7. The molecule has 0 bridgehead atoms. The van der Waals surface area contributed by atoms with Gasteiger partial charge in [-0.15, -0.1) is 0 Å². The van der Waals surface area contributed by atoms with Crippen LogP contribution in [0.1, 0.15) is 18.4 Å². The van der Waals surface area contributed by atoms with E-state index in [0.29, 0.717) is 29.8 Å². The second kappa shape index (κ2) is 10.3. The average molecular weight is 445 g/mol. The van der Waals surface area contributed by atoms with Crippen molar-refractivity contribution in [2.24, 2.45) is 0 Å². The van der Waals surface area contributed by atoms with E-state index in [0.717, 1.165) is 56.9 Å². The molecule has 2 saturated heterocycles. The van der Waals surface area contributed by atoms with Crippen LogP contribution in [0.3, 0.4) is 0 Å². The van der Waals surface area contributed by atoms with Gasteiger partial charge in [0.05, 0.1) is 18.7 Å². The molecule has 2 fully saturated rings. The van der Waals surface area contributed by atoms with Gasteiger partial charge in [0.15, 0.2) is 5.82 Å². The molecule has 1 amide bonds. The van der Waals surface area contributed by atoms with Crippen molar-refractivity contribution >= 4 is 35.0 Å². The standard InChI is InChI=1S/C22H29ClN6O2/c1-28-8-10-29(11-9-28)20(30)13-16-4-6-17(7-5-16)26-22-25-15-19(23)21(27-22)24-14-18-3-2-12-31-18/h4-7,15,18H,2-3,8-14H2,1H3,(H2,24,25,26,27)/t18-/m1/s1. The van der Waals surface area contributed by atoms with Gasteiger partial charge in [-0.05, 0) is 37.6 Å². The van der Waals surface area contributed by atoms with E-state index in [-0.39, 0.29) is 12.0 Å². The minimum Gasteiger partial charge on any atom is -0.376 e. The highest BCUT2D eigenvalue weighted by Gasteiger charge is 2.19. The van der Waals surface area contributed by atoms with Crippen molar-refractivity contribution in [1.82, 2.24) is 19.8 Å². The third-order valence-electron chi connectivity index (χ3n) is 5.69. The van der Waals surface area contributed by atoms with E-state index in [1.54, 1.807) is 6.20 Å². The molecule has 31 heavy (non-hydrogen) atoms. The molecule has 2 aromatic rings. The minimum atomic E-state index is 0.178. The van der Waals surface area contributed by atoms with Crippen LogP contribution in [0, 0.1) is 0 Å². The number of piperazine rings is 1. The van der Waals surface area contributed by atoms with Crippen LogP contribution in [0.15, 0.2) is 30.5 Å². The molecule has 2 aliphatic rings. The molecule has 0 aliphatic carbocycles. The number of aromatic nitrogens is 2. The van der Waals surface area contributed by atoms with Gasteiger partial charge in [0.2, 0.25) is 11.9 Å². The number of likely N-dealkylation sites (N-methyl/N-ethyl adjacent to an activating group) is 1. The van der Waals surface area contributed by atoms with Crippen LogP contribution < -0.4 is 10.6 Å². The largest absolute Gasteiger partial charge is 0.376 e. The lowest BCUT2D eigenvalue weighted by molar-refractivity contribution is -0.132. The van der Waals surface area contributed by atoms with Crippen LogP contribution in [-0.2, 0) is 16.0 Å². The molecule has 8 nitrogen and oxygen atoms in total. The molecule has 1 aromatic carbocycles. The fraction of sp³-hybridized carbons (Fsp3) is 0.500. The molecule has 166 valence electrons. The number of benzene rings is 1. The van der Waals surface area contributed by atoms with Crippen LogP contribution in [0.5, 0.6) is 0 Å². The van der Waals surface area contributed by atoms with Crippen molar-refractivity contribution in [3.63, 3.8) is 0 Å². The Kier molecular flexibility index (Phi) is 7.21. The molecular weight excluding hydrogens is 416 g/mol. The van der Waals surface area contributed by atoms with Gasteiger partial charge in [0.25, 0.3) is 0 Å². The van der Waals surface area contributed by atoms with E-state index >= 15 is 0 Å². The quantitative estimate of drug-likeness (QED) is 0.679. The second-order valence-electron chi connectivity index (χ2n) is 8.09. The summed E-state index contributed by atoms with van der Waals surface area (Å²) in [5.41, 5.74) is 1.84. The van der Waals surface area contributed by atoms with Crippen molar-refractivity contribution in [3.05, 3.63) is 41.0 Å². The van der Waals surface area contributed by atoms with E-state index < -0.39 is 0 Å².